The van der Waals surface area contributed by atoms with E-state index >= 15 is 0 Å². The largest absolute Gasteiger partial charge is 0.490 e. The van der Waals surface area contributed by atoms with E-state index < -0.39 is 0 Å². The van der Waals surface area contributed by atoms with E-state index in [0.717, 1.165) is 37.9 Å². The molecular weight excluding hydrogens is 297 g/mol. The van der Waals surface area contributed by atoms with Crippen molar-refractivity contribution >= 4 is 5.91 Å². The molecule has 1 aromatic carbocycles. The summed E-state index contributed by atoms with van der Waals surface area (Å²) in [6, 6.07) is 6.42. The predicted molar refractivity (Wildman–Crippen MR) is 81.9 cm³/mol. The molecule has 0 aliphatic carbocycles. The topological polar surface area (TPSA) is 56.1 Å². The second kappa shape index (κ2) is 5.68. The second-order valence-corrected chi connectivity index (χ2v) is 6.02. The molecule has 0 saturated heterocycles. The van der Waals surface area contributed by atoms with Crippen LogP contribution in [-0.4, -0.2) is 22.3 Å². The lowest BCUT2D eigenvalue weighted by Gasteiger charge is -2.18. The molecule has 5 nitrogen and oxygen atoms in total. The Hall–Kier alpha value is -2.37. The smallest absolute Gasteiger partial charge is 0.272 e. The zero-order valence-electron chi connectivity index (χ0n) is 12.7. The number of aromatic nitrogens is 2. The number of nitrogens with one attached hydrogen (secondary N) is 1. The van der Waals surface area contributed by atoms with Crippen LogP contribution in [0, 0.1) is 5.82 Å². The third kappa shape index (κ3) is 2.58. The fourth-order valence-electron chi connectivity index (χ4n) is 3.32. The highest BCUT2D eigenvalue weighted by Gasteiger charge is 2.25. The van der Waals surface area contributed by atoms with Gasteiger partial charge < -0.3 is 10.1 Å². The Kier molecular flexibility index (Phi) is 3.52. The standard InChI is InChI=1S/C17H18FN3O2/c18-13-6-1-5-12-14(7-3-9-23-16(12)13)19-17(22)15-10-11-4-2-8-21(11)20-15/h1,5-6,10,14H,2-4,7-9H2,(H,19,22). The van der Waals surface area contributed by atoms with Gasteiger partial charge in [-0.05, 0) is 37.8 Å². The Bertz CT molecular complexity index is 735. The predicted octanol–water partition coefficient (Wildman–Crippen LogP) is 2.61. The van der Waals surface area contributed by atoms with E-state index in [4.69, 9.17) is 4.74 Å². The molecule has 3 heterocycles. The number of benzene rings is 1. The molecule has 0 bridgehead atoms. The number of amides is 1. The van der Waals surface area contributed by atoms with Crippen LogP contribution in [0.4, 0.5) is 4.39 Å². The highest BCUT2D eigenvalue weighted by atomic mass is 19.1. The fourth-order valence-corrected chi connectivity index (χ4v) is 3.32. The molecule has 6 heteroatoms. The van der Waals surface area contributed by atoms with Gasteiger partial charge in [-0.25, -0.2) is 4.39 Å². The maximum Gasteiger partial charge on any atom is 0.272 e. The molecule has 120 valence electrons. The van der Waals surface area contributed by atoms with Crippen LogP contribution in [0.25, 0.3) is 0 Å². The molecule has 0 saturated carbocycles. The third-order valence-corrected chi connectivity index (χ3v) is 4.46. The van der Waals surface area contributed by atoms with E-state index in [9.17, 15) is 9.18 Å². The summed E-state index contributed by atoms with van der Waals surface area (Å²) in [5.41, 5.74) is 2.23. The van der Waals surface area contributed by atoms with Crippen molar-refractivity contribution in [2.24, 2.45) is 0 Å². The van der Waals surface area contributed by atoms with Crippen LogP contribution < -0.4 is 10.1 Å². The number of hydrogen-bond donors (Lipinski definition) is 1. The van der Waals surface area contributed by atoms with Gasteiger partial charge in [-0.15, -0.1) is 0 Å². The first-order chi connectivity index (χ1) is 11.2. The first-order valence-corrected chi connectivity index (χ1v) is 8.01. The van der Waals surface area contributed by atoms with Crippen LogP contribution in [0.1, 0.15) is 47.1 Å². The summed E-state index contributed by atoms with van der Waals surface area (Å²) in [7, 11) is 0. The summed E-state index contributed by atoms with van der Waals surface area (Å²) in [6.07, 6.45) is 3.52. The Morgan fingerprint density at radius 1 is 1.39 bits per heavy atom. The summed E-state index contributed by atoms with van der Waals surface area (Å²) >= 11 is 0. The van der Waals surface area contributed by atoms with Crippen molar-refractivity contribution in [3.63, 3.8) is 0 Å². The molecule has 4 rings (SSSR count). The van der Waals surface area contributed by atoms with Crippen molar-refractivity contribution in [1.29, 1.82) is 0 Å². The van der Waals surface area contributed by atoms with Gasteiger partial charge in [0.05, 0.1) is 12.6 Å². The average molecular weight is 315 g/mol. The second-order valence-electron chi connectivity index (χ2n) is 6.02. The lowest BCUT2D eigenvalue weighted by atomic mass is 10.0. The van der Waals surface area contributed by atoms with Gasteiger partial charge in [0, 0.05) is 17.8 Å². The number of ether oxygens (including phenoxy) is 1. The molecule has 1 unspecified atom stereocenters. The molecule has 2 aromatic rings. The molecule has 1 N–H and O–H groups in total. The van der Waals surface area contributed by atoms with E-state index in [1.54, 1.807) is 6.07 Å². The summed E-state index contributed by atoms with van der Waals surface area (Å²) in [4.78, 5) is 12.5. The molecule has 1 aromatic heterocycles. The Morgan fingerprint density at radius 2 is 2.30 bits per heavy atom. The molecule has 0 spiro atoms. The summed E-state index contributed by atoms with van der Waals surface area (Å²) in [5, 5.41) is 7.34. The summed E-state index contributed by atoms with van der Waals surface area (Å²) < 4.78 is 21.3. The third-order valence-electron chi connectivity index (χ3n) is 4.46. The van der Waals surface area contributed by atoms with Crippen molar-refractivity contribution in [1.82, 2.24) is 15.1 Å². The van der Waals surface area contributed by atoms with E-state index in [0.29, 0.717) is 17.9 Å². The first kappa shape index (κ1) is 14.2. The van der Waals surface area contributed by atoms with Crippen LogP contribution in [-0.2, 0) is 13.0 Å². The minimum absolute atomic E-state index is 0.214. The molecular formula is C17H18FN3O2. The van der Waals surface area contributed by atoms with Crippen molar-refractivity contribution in [3.05, 3.63) is 47.0 Å². The monoisotopic (exact) mass is 315 g/mol. The molecule has 1 amide bonds. The van der Waals surface area contributed by atoms with Crippen molar-refractivity contribution in [3.8, 4) is 5.75 Å². The SMILES string of the molecule is O=C(NC1CCCOc2c(F)cccc21)c1cc2n(n1)CCC2. The zero-order valence-corrected chi connectivity index (χ0v) is 12.7. The van der Waals surface area contributed by atoms with Gasteiger partial charge in [0.2, 0.25) is 0 Å². The van der Waals surface area contributed by atoms with Gasteiger partial charge >= 0.3 is 0 Å². The van der Waals surface area contributed by atoms with Crippen LogP contribution in [0.15, 0.2) is 24.3 Å². The molecule has 1 atom stereocenters. The van der Waals surface area contributed by atoms with Gasteiger partial charge in [-0.2, -0.15) is 5.10 Å². The minimum atomic E-state index is -0.385. The van der Waals surface area contributed by atoms with Crippen LogP contribution >= 0.6 is 0 Å². The normalized spacial score (nSPS) is 19.4. The maximum atomic E-state index is 13.9. The quantitative estimate of drug-likeness (QED) is 0.927. The van der Waals surface area contributed by atoms with Crippen molar-refractivity contribution in [2.45, 2.75) is 38.3 Å². The summed E-state index contributed by atoms with van der Waals surface area (Å²) in [5.74, 6) is -0.346. The van der Waals surface area contributed by atoms with Crippen LogP contribution in [0.5, 0.6) is 5.75 Å². The maximum absolute atomic E-state index is 13.9. The number of aryl methyl sites for hydroxylation is 2. The number of halogens is 1. The number of hydrogen-bond acceptors (Lipinski definition) is 3. The number of carbonyl (C=O) groups excluding carboxylic acids is 1. The van der Waals surface area contributed by atoms with Crippen LogP contribution in [0.3, 0.4) is 0 Å². The molecule has 2 aliphatic rings. The van der Waals surface area contributed by atoms with Gasteiger partial charge in [-0.1, -0.05) is 12.1 Å². The Morgan fingerprint density at radius 3 is 3.17 bits per heavy atom. The Balaban J connectivity index is 1.58. The number of rotatable bonds is 2. The first-order valence-electron chi connectivity index (χ1n) is 8.01. The molecule has 0 radical (unpaired) electrons. The van der Waals surface area contributed by atoms with Gasteiger partial charge in [-0.3, -0.25) is 9.48 Å². The van der Waals surface area contributed by atoms with Crippen molar-refractivity contribution < 1.29 is 13.9 Å². The lowest BCUT2D eigenvalue weighted by molar-refractivity contribution is 0.0928. The van der Waals surface area contributed by atoms with Crippen LogP contribution in [0.2, 0.25) is 0 Å². The van der Waals surface area contributed by atoms with E-state index in [-0.39, 0.29) is 23.5 Å². The number of fused-ring (bicyclic) bond motifs is 2. The lowest BCUT2D eigenvalue weighted by Crippen LogP contribution is -2.29. The van der Waals surface area contributed by atoms with Crippen molar-refractivity contribution in [2.75, 3.05) is 6.61 Å². The highest BCUT2D eigenvalue weighted by Crippen LogP contribution is 2.33. The van der Waals surface area contributed by atoms with Gasteiger partial charge in [0.1, 0.15) is 5.69 Å². The number of nitrogens with zero attached hydrogens (tertiary/aromatic N) is 2. The minimum Gasteiger partial charge on any atom is -0.490 e. The number of para-hydroxylation sites is 1. The van der Waals surface area contributed by atoms with Gasteiger partial charge in [0.25, 0.3) is 5.91 Å². The molecule has 0 fully saturated rings. The number of carbonyl (C=O) groups is 1. The Labute approximate surface area is 133 Å². The molecule has 23 heavy (non-hydrogen) atoms. The van der Waals surface area contributed by atoms with E-state index in [2.05, 4.69) is 10.4 Å². The van der Waals surface area contributed by atoms with E-state index in [1.807, 2.05) is 16.8 Å². The molecule has 2 aliphatic heterocycles. The average Bonchev–Trinajstić information content (AvgIpc) is 3.07. The van der Waals surface area contributed by atoms with E-state index in [1.165, 1.54) is 6.07 Å². The highest BCUT2D eigenvalue weighted by molar-refractivity contribution is 5.92. The zero-order chi connectivity index (χ0) is 15.8. The fraction of sp³-hybridized carbons (Fsp3) is 0.412. The van der Waals surface area contributed by atoms with Gasteiger partial charge in [0.15, 0.2) is 11.6 Å². The summed E-state index contributed by atoms with van der Waals surface area (Å²) in [6.45, 7) is 1.33.